The van der Waals surface area contributed by atoms with Gasteiger partial charge in [0.2, 0.25) is 0 Å². The molecule has 0 atom stereocenters. The van der Waals surface area contributed by atoms with Crippen molar-refractivity contribution in [2.75, 3.05) is 39.4 Å². The maximum atomic E-state index is 14.0. The topological polar surface area (TPSA) is 41.6 Å². The van der Waals surface area contributed by atoms with Crippen LogP contribution in [0.3, 0.4) is 0 Å². The van der Waals surface area contributed by atoms with Crippen LogP contribution in [0.2, 0.25) is 0 Å². The van der Waals surface area contributed by atoms with E-state index >= 15 is 0 Å². The van der Waals surface area contributed by atoms with Gasteiger partial charge in [-0.25, -0.2) is 0 Å². The fraction of sp³-hybridized carbons (Fsp3) is 0.909. The van der Waals surface area contributed by atoms with Gasteiger partial charge in [0.05, 0.1) is 0 Å². The van der Waals surface area contributed by atoms with E-state index in [1.54, 1.807) is 0 Å². The molecule has 2 aliphatic rings. The number of hydrogen-bond acceptors (Lipinski definition) is 3. The van der Waals surface area contributed by atoms with Crippen molar-refractivity contribution in [2.45, 2.75) is 18.8 Å². The quantitative estimate of drug-likeness (QED) is 0.773. The summed E-state index contributed by atoms with van der Waals surface area (Å²) >= 11 is 0. The third-order valence-electron chi connectivity index (χ3n) is 3.42. The van der Waals surface area contributed by atoms with Crippen molar-refractivity contribution in [3.8, 4) is 0 Å². The maximum Gasteiger partial charge on any atom is 0.327 e. The third-order valence-corrected chi connectivity index (χ3v) is 3.42. The zero-order valence-electron chi connectivity index (χ0n) is 9.75. The first-order chi connectivity index (χ1) is 8.12. The standard InChI is InChI=1S/C11H18F2N2O2/c12-11(13,9-1-7-17-8-2-9)10(16)15-5-3-14-4-6-15/h9,14H,1-8H2. The van der Waals surface area contributed by atoms with Gasteiger partial charge >= 0.3 is 5.92 Å². The van der Waals surface area contributed by atoms with Gasteiger partial charge in [-0.3, -0.25) is 4.79 Å². The average Bonchev–Trinajstić information content (AvgIpc) is 2.40. The molecule has 0 saturated carbocycles. The lowest BCUT2D eigenvalue weighted by Crippen LogP contribution is -2.54. The molecule has 98 valence electrons. The molecule has 0 aromatic heterocycles. The van der Waals surface area contributed by atoms with E-state index in [1.165, 1.54) is 4.90 Å². The molecule has 0 aromatic rings. The second-order valence-electron chi connectivity index (χ2n) is 4.55. The van der Waals surface area contributed by atoms with E-state index in [1.807, 2.05) is 0 Å². The molecule has 6 heteroatoms. The molecule has 0 radical (unpaired) electrons. The average molecular weight is 248 g/mol. The Morgan fingerprint density at radius 3 is 2.41 bits per heavy atom. The Morgan fingerprint density at radius 2 is 1.82 bits per heavy atom. The van der Waals surface area contributed by atoms with Crippen LogP contribution in [0.1, 0.15) is 12.8 Å². The summed E-state index contributed by atoms with van der Waals surface area (Å²) in [5.74, 6) is -5.11. The van der Waals surface area contributed by atoms with Gasteiger partial charge in [-0.1, -0.05) is 0 Å². The van der Waals surface area contributed by atoms with Crippen molar-refractivity contribution in [3.63, 3.8) is 0 Å². The zero-order valence-corrected chi connectivity index (χ0v) is 9.75. The summed E-state index contributed by atoms with van der Waals surface area (Å²) in [6.07, 6.45) is 0.537. The first-order valence-electron chi connectivity index (χ1n) is 6.08. The summed E-state index contributed by atoms with van der Waals surface area (Å²) < 4.78 is 33.1. The van der Waals surface area contributed by atoms with Gasteiger partial charge in [-0.2, -0.15) is 8.78 Å². The number of halogens is 2. The molecule has 2 heterocycles. The molecule has 0 spiro atoms. The summed E-state index contributed by atoms with van der Waals surface area (Å²) in [5.41, 5.74) is 0. The Morgan fingerprint density at radius 1 is 1.24 bits per heavy atom. The number of amides is 1. The first kappa shape index (κ1) is 12.7. The third kappa shape index (κ3) is 2.74. The summed E-state index contributed by atoms with van der Waals surface area (Å²) in [5, 5.41) is 3.04. The molecule has 2 rings (SSSR count). The number of carbonyl (C=O) groups is 1. The monoisotopic (exact) mass is 248 g/mol. The van der Waals surface area contributed by atoms with E-state index in [0.717, 1.165) is 0 Å². The minimum Gasteiger partial charge on any atom is -0.381 e. The highest BCUT2D eigenvalue weighted by Crippen LogP contribution is 2.34. The molecule has 1 amide bonds. The zero-order chi connectivity index (χ0) is 12.3. The van der Waals surface area contributed by atoms with E-state index in [-0.39, 0.29) is 12.8 Å². The predicted molar refractivity (Wildman–Crippen MR) is 57.9 cm³/mol. The van der Waals surface area contributed by atoms with E-state index < -0.39 is 17.7 Å². The second kappa shape index (κ2) is 5.27. The van der Waals surface area contributed by atoms with Crippen LogP contribution in [0, 0.1) is 5.92 Å². The number of alkyl halides is 2. The number of nitrogens with zero attached hydrogens (tertiary/aromatic N) is 1. The van der Waals surface area contributed by atoms with Crippen LogP contribution in [0.4, 0.5) is 8.78 Å². The lowest BCUT2D eigenvalue weighted by molar-refractivity contribution is -0.171. The predicted octanol–water partition coefficient (Wildman–Crippen LogP) is 0.480. The molecule has 1 N–H and O–H groups in total. The Balaban J connectivity index is 1.99. The number of nitrogens with one attached hydrogen (secondary N) is 1. The van der Waals surface area contributed by atoms with Crippen molar-refractivity contribution in [1.82, 2.24) is 10.2 Å². The van der Waals surface area contributed by atoms with Crippen molar-refractivity contribution in [2.24, 2.45) is 5.92 Å². The molecule has 0 aromatic carbocycles. The normalized spacial score (nSPS) is 23.8. The molecule has 0 bridgehead atoms. The van der Waals surface area contributed by atoms with Gasteiger partial charge in [0.1, 0.15) is 0 Å². The van der Waals surface area contributed by atoms with Crippen LogP contribution in [0.25, 0.3) is 0 Å². The number of rotatable bonds is 2. The fourth-order valence-corrected chi connectivity index (χ4v) is 2.31. The van der Waals surface area contributed by atoms with E-state index in [0.29, 0.717) is 39.4 Å². The van der Waals surface area contributed by atoms with E-state index in [2.05, 4.69) is 5.32 Å². The van der Waals surface area contributed by atoms with Crippen LogP contribution < -0.4 is 5.32 Å². The van der Waals surface area contributed by atoms with E-state index in [4.69, 9.17) is 4.74 Å². The number of piperazine rings is 1. The van der Waals surface area contributed by atoms with Gasteiger partial charge in [0.25, 0.3) is 5.91 Å². The number of ether oxygens (including phenoxy) is 1. The summed E-state index contributed by atoms with van der Waals surface area (Å²) in [7, 11) is 0. The smallest absolute Gasteiger partial charge is 0.327 e. The van der Waals surface area contributed by atoms with Gasteiger partial charge in [-0.05, 0) is 12.8 Å². The SMILES string of the molecule is O=C(N1CCNCC1)C(F)(F)C1CCOCC1. The van der Waals surface area contributed by atoms with Crippen LogP contribution in [-0.4, -0.2) is 56.1 Å². The van der Waals surface area contributed by atoms with Crippen LogP contribution in [0.15, 0.2) is 0 Å². The van der Waals surface area contributed by atoms with E-state index in [9.17, 15) is 13.6 Å². The molecular weight excluding hydrogens is 230 g/mol. The number of hydrogen-bond donors (Lipinski definition) is 1. The van der Waals surface area contributed by atoms with Crippen molar-refractivity contribution in [1.29, 1.82) is 0 Å². The van der Waals surface area contributed by atoms with Crippen LogP contribution in [0.5, 0.6) is 0 Å². The van der Waals surface area contributed by atoms with Crippen molar-refractivity contribution < 1.29 is 18.3 Å². The molecule has 4 nitrogen and oxygen atoms in total. The fourth-order valence-electron chi connectivity index (χ4n) is 2.31. The molecule has 0 aliphatic carbocycles. The second-order valence-corrected chi connectivity index (χ2v) is 4.55. The Bertz CT molecular complexity index is 275. The number of carbonyl (C=O) groups excluding carboxylic acids is 1. The molecule has 2 aliphatic heterocycles. The van der Waals surface area contributed by atoms with Gasteiger partial charge in [0, 0.05) is 45.3 Å². The molecule has 17 heavy (non-hydrogen) atoms. The summed E-state index contributed by atoms with van der Waals surface area (Å²) in [6, 6.07) is 0. The molecule has 0 unspecified atom stereocenters. The Kier molecular flexibility index (Phi) is 3.93. The summed E-state index contributed by atoms with van der Waals surface area (Å²) in [6.45, 7) is 2.59. The lowest BCUT2D eigenvalue weighted by Gasteiger charge is -2.35. The van der Waals surface area contributed by atoms with Gasteiger partial charge in [-0.15, -0.1) is 0 Å². The van der Waals surface area contributed by atoms with Crippen LogP contribution in [-0.2, 0) is 9.53 Å². The van der Waals surface area contributed by atoms with Crippen molar-refractivity contribution in [3.05, 3.63) is 0 Å². The largest absolute Gasteiger partial charge is 0.381 e. The Labute approximate surface area is 99.3 Å². The minimum atomic E-state index is -3.23. The highest BCUT2D eigenvalue weighted by molar-refractivity contribution is 5.84. The van der Waals surface area contributed by atoms with Crippen LogP contribution >= 0.6 is 0 Å². The molecule has 2 saturated heterocycles. The lowest BCUT2D eigenvalue weighted by atomic mass is 9.92. The highest BCUT2D eigenvalue weighted by atomic mass is 19.3. The Hall–Kier alpha value is -0.750. The van der Waals surface area contributed by atoms with Gasteiger partial charge < -0.3 is 15.0 Å². The first-order valence-corrected chi connectivity index (χ1v) is 6.08. The molecular formula is C11H18F2N2O2. The van der Waals surface area contributed by atoms with Gasteiger partial charge in [0.15, 0.2) is 0 Å². The minimum absolute atomic E-state index is 0.269. The highest BCUT2D eigenvalue weighted by Gasteiger charge is 2.49. The van der Waals surface area contributed by atoms with Crippen molar-refractivity contribution >= 4 is 5.91 Å². The molecule has 2 fully saturated rings. The summed E-state index contributed by atoms with van der Waals surface area (Å²) in [4.78, 5) is 13.1. The maximum absolute atomic E-state index is 14.0.